The van der Waals surface area contributed by atoms with Crippen molar-refractivity contribution in [1.82, 2.24) is 0 Å². The number of hydrogen-bond donors (Lipinski definition) is 1. The highest BCUT2D eigenvalue weighted by Gasteiger charge is 2.17. The molecule has 0 radical (unpaired) electrons. The van der Waals surface area contributed by atoms with E-state index in [9.17, 15) is 9.59 Å². The summed E-state index contributed by atoms with van der Waals surface area (Å²) >= 11 is 0. The molecule has 138 valence electrons. The van der Waals surface area contributed by atoms with Crippen LogP contribution in [0.4, 0.5) is 5.69 Å². The predicted molar refractivity (Wildman–Crippen MR) is 108 cm³/mol. The molecule has 0 aliphatic heterocycles. The van der Waals surface area contributed by atoms with Gasteiger partial charge in [-0.2, -0.15) is 0 Å². The smallest absolute Gasteiger partial charge is 0.231 e. The summed E-state index contributed by atoms with van der Waals surface area (Å²) in [6.07, 6.45) is 0.990. The summed E-state index contributed by atoms with van der Waals surface area (Å²) in [5.74, 6) is 0.355. The lowest BCUT2D eigenvalue weighted by Crippen LogP contribution is -2.19. The van der Waals surface area contributed by atoms with Gasteiger partial charge in [-0.15, -0.1) is 0 Å². The standard InChI is InChI=1S/C23H29NO2/c1-16(2)20-11-8-12-21(17(3)4)23(20)24-22(26)15-19(25)14-13-18-9-6-5-7-10-18/h5-12,16-17H,13-15H2,1-4H3,(H,24,26). The quantitative estimate of drug-likeness (QED) is 0.642. The summed E-state index contributed by atoms with van der Waals surface area (Å²) < 4.78 is 0. The number of aryl methyl sites for hydroxylation is 1. The molecule has 0 saturated carbocycles. The van der Waals surface area contributed by atoms with Gasteiger partial charge in [0, 0.05) is 12.1 Å². The Labute approximate surface area is 156 Å². The normalized spacial score (nSPS) is 11.0. The number of Topliss-reactive ketones (excluding diaryl/α,β-unsaturated/α-hetero) is 1. The summed E-state index contributed by atoms with van der Waals surface area (Å²) in [5, 5.41) is 3.01. The maximum absolute atomic E-state index is 12.5. The van der Waals surface area contributed by atoms with Gasteiger partial charge >= 0.3 is 0 Å². The molecular formula is C23H29NO2. The fourth-order valence-electron chi connectivity index (χ4n) is 3.07. The molecule has 0 bridgehead atoms. The van der Waals surface area contributed by atoms with E-state index in [0.717, 1.165) is 22.4 Å². The fraction of sp³-hybridized carbons (Fsp3) is 0.391. The zero-order valence-electron chi connectivity index (χ0n) is 16.2. The number of amides is 1. The number of para-hydroxylation sites is 1. The van der Waals surface area contributed by atoms with Crippen molar-refractivity contribution in [3.8, 4) is 0 Å². The first-order chi connectivity index (χ1) is 12.4. The summed E-state index contributed by atoms with van der Waals surface area (Å²) in [6, 6.07) is 16.0. The summed E-state index contributed by atoms with van der Waals surface area (Å²) in [6.45, 7) is 8.44. The molecule has 26 heavy (non-hydrogen) atoms. The fourth-order valence-corrected chi connectivity index (χ4v) is 3.07. The van der Waals surface area contributed by atoms with Gasteiger partial charge in [0.2, 0.25) is 5.91 Å². The Morgan fingerprint density at radius 3 is 1.96 bits per heavy atom. The Morgan fingerprint density at radius 1 is 0.846 bits per heavy atom. The Kier molecular flexibility index (Phi) is 7.14. The molecule has 0 heterocycles. The molecule has 3 heteroatoms. The number of carbonyl (C=O) groups is 2. The minimum atomic E-state index is -0.224. The minimum Gasteiger partial charge on any atom is -0.325 e. The Morgan fingerprint density at radius 2 is 1.42 bits per heavy atom. The van der Waals surface area contributed by atoms with Gasteiger partial charge in [0.1, 0.15) is 5.78 Å². The molecule has 0 spiro atoms. The van der Waals surface area contributed by atoms with Gasteiger partial charge in [-0.25, -0.2) is 0 Å². The second-order valence-corrected chi connectivity index (χ2v) is 7.37. The summed E-state index contributed by atoms with van der Waals surface area (Å²) in [7, 11) is 0. The highest BCUT2D eigenvalue weighted by atomic mass is 16.2. The van der Waals surface area contributed by atoms with Crippen molar-refractivity contribution in [2.24, 2.45) is 0 Å². The van der Waals surface area contributed by atoms with Crippen molar-refractivity contribution in [2.45, 2.75) is 58.8 Å². The topological polar surface area (TPSA) is 46.2 Å². The van der Waals surface area contributed by atoms with Crippen LogP contribution in [0.2, 0.25) is 0 Å². The Hall–Kier alpha value is -2.42. The van der Waals surface area contributed by atoms with Crippen molar-refractivity contribution >= 4 is 17.4 Å². The molecule has 0 fully saturated rings. The van der Waals surface area contributed by atoms with Crippen molar-refractivity contribution < 1.29 is 9.59 Å². The SMILES string of the molecule is CC(C)c1cccc(C(C)C)c1NC(=O)CC(=O)CCc1ccccc1. The van der Waals surface area contributed by atoms with E-state index in [2.05, 4.69) is 33.0 Å². The third-order valence-corrected chi connectivity index (χ3v) is 4.53. The maximum atomic E-state index is 12.5. The van der Waals surface area contributed by atoms with Gasteiger partial charge in [-0.1, -0.05) is 76.2 Å². The average molecular weight is 351 g/mol. The van der Waals surface area contributed by atoms with E-state index in [-0.39, 0.29) is 18.1 Å². The molecule has 2 rings (SSSR count). The van der Waals surface area contributed by atoms with Crippen LogP contribution in [0.15, 0.2) is 48.5 Å². The number of nitrogens with one attached hydrogen (secondary N) is 1. The van der Waals surface area contributed by atoms with Gasteiger partial charge < -0.3 is 5.32 Å². The average Bonchev–Trinajstić information content (AvgIpc) is 2.60. The molecule has 2 aromatic rings. The molecule has 2 aromatic carbocycles. The molecular weight excluding hydrogens is 322 g/mol. The van der Waals surface area contributed by atoms with E-state index in [1.54, 1.807) is 0 Å². The second-order valence-electron chi connectivity index (χ2n) is 7.37. The summed E-state index contributed by atoms with van der Waals surface area (Å²) in [5.41, 5.74) is 4.22. The molecule has 0 unspecified atom stereocenters. The third-order valence-electron chi connectivity index (χ3n) is 4.53. The zero-order valence-corrected chi connectivity index (χ0v) is 16.2. The van der Waals surface area contributed by atoms with Gasteiger partial charge in [-0.05, 0) is 34.9 Å². The first-order valence-electron chi connectivity index (χ1n) is 9.36. The van der Waals surface area contributed by atoms with Crippen molar-refractivity contribution in [3.63, 3.8) is 0 Å². The van der Waals surface area contributed by atoms with Gasteiger partial charge in [0.05, 0.1) is 6.42 Å². The van der Waals surface area contributed by atoms with E-state index >= 15 is 0 Å². The first-order valence-corrected chi connectivity index (χ1v) is 9.36. The van der Waals surface area contributed by atoms with Crippen LogP contribution < -0.4 is 5.32 Å². The first kappa shape index (κ1) is 19.9. The van der Waals surface area contributed by atoms with Crippen LogP contribution in [-0.4, -0.2) is 11.7 Å². The highest BCUT2D eigenvalue weighted by Crippen LogP contribution is 2.32. The van der Waals surface area contributed by atoms with Crippen LogP contribution in [0.3, 0.4) is 0 Å². The highest BCUT2D eigenvalue weighted by molar-refractivity contribution is 6.05. The Bertz CT molecular complexity index is 722. The number of hydrogen-bond acceptors (Lipinski definition) is 2. The number of benzene rings is 2. The lowest BCUT2D eigenvalue weighted by Gasteiger charge is -2.20. The molecule has 1 N–H and O–H groups in total. The lowest BCUT2D eigenvalue weighted by molar-refractivity contribution is -0.125. The van der Waals surface area contributed by atoms with Gasteiger partial charge in [0.25, 0.3) is 0 Å². The minimum absolute atomic E-state index is 0.0283. The van der Waals surface area contributed by atoms with Crippen LogP contribution in [0, 0.1) is 0 Å². The molecule has 0 aliphatic carbocycles. The van der Waals surface area contributed by atoms with E-state index < -0.39 is 0 Å². The zero-order chi connectivity index (χ0) is 19.1. The van der Waals surface area contributed by atoms with Crippen molar-refractivity contribution in [2.75, 3.05) is 5.32 Å². The van der Waals surface area contributed by atoms with Crippen LogP contribution >= 0.6 is 0 Å². The monoisotopic (exact) mass is 351 g/mol. The van der Waals surface area contributed by atoms with Crippen LogP contribution in [-0.2, 0) is 16.0 Å². The number of ketones is 1. The lowest BCUT2D eigenvalue weighted by atomic mass is 9.92. The number of rotatable bonds is 8. The molecule has 0 aliphatic rings. The van der Waals surface area contributed by atoms with Gasteiger partial charge in [-0.3, -0.25) is 9.59 Å². The molecule has 1 amide bonds. The van der Waals surface area contributed by atoms with E-state index in [0.29, 0.717) is 24.7 Å². The molecule has 3 nitrogen and oxygen atoms in total. The van der Waals surface area contributed by atoms with Crippen molar-refractivity contribution in [3.05, 3.63) is 65.2 Å². The largest absolute Gasteiger partial charge is 0.325 e. The van der Waals surface area contributed by atoms with E-state index in [1.807, 2.05) is 48.5 Å². The van der Waals surface area contributed by atoms with E-state index in [1.165, 1.54) is 0 Å². The van der Waals surface area contributed by atoms with Crippen LogP contribution in [0.5, 0.6) is 0 Å². The molecule has 0 saturated heterocycles. The molecule has 0 atom stereocenters. The molecule has 0 aromatic heterocycles. The Balaban J connectivity index is 2.02. The van der Waals surface area contributed by atoms with Crippen LogP contribution in [0.1, 0.15) is 69.1 Å². The van der Waals surface area contributed by atoms with Crippen LogP contribution in [0.25, 0.3) is 0 Å². The number of carbonyl (C=O) groups excluding carboxylic acids is 2. The maximum Gasteiger partial charge on any atom is 0.231 e. The summed E-state index contributed by atoms with van der Waals surface area (Å²) in [4.78, 5) is 24.6. The van der Waals surface area contributed by atoms with Gasteiger partial charge in [0.15, 0.2) is 0 Å². The number of anilines is 1. The third kappa shape index (κ3) is 5.55. The second kappa shape index (κ2) is 9.33. The van der Waals surface area contributed by atoms with Crippen molar-refractivity contribution in [1.29, 1.82) is 0 Å². The predicted octanol–water partition coefficient (Wildman–Crippen LogP) is 5.46. The van der Waals surface area contributed by atoms with E-state index in [4.69, 9.17) is 0 Å².